The van der Waals surface area contributed by atoms with Crippen molar-refractivity contribution < 1.29 is 38.2 Å². The number of anilines is 1. The standard InChI is InChI=1S/C53H61N8O9PS/c62-45-27-26-43-46(63)34-47(38-20-10-9-11-21-38)70-52(43)53(45)68-37-40-36-59(57-55-40)31-17-6-3-1-2-4-7-18-32-61-51-41-23-13-12-22-39(41)35-60(44-25-15-14-24-42(44)50(51)56-58-61)49(65)29-28-48(64)54-30-16-5-8-19-33-69-71(66,67)72/h9-15,20-27,34,36,62H,1-8,16-19,28-33,35,37H2,(H,54,64)(H2,66,67,72). The van der Waals surface area contributed by atoms with Crippen LogP contribution < -0.4 is 20.4 Å². The van der Waals surface area contributed by atoms with Gasteiger partial charge in [0.1, 0.15) is 23.8 Å². The van der Waals surface area contributed by atoms with E-state index in [9.17, 15) is 19.5 Å². The Labute approximate surface area is 423 Å². The van der Waals surface area contributed by atoms with Gasteiger partial charge in [0.15, 0.2) is 16.8 Å². The Morgan fingerprint density at radius 1 is 0.764 bits per heavy atom. The molecule has 72 heavy (non-hydrogen) atoms. The lowest BCUT2D eigenvalue weighted by Crippen LogP contribution is -2.33. The third-order valence-corrected chi connectivity index (χ3v) is 13.5. The number of unbranched alkanes of at least 4 members (excludes halogenated alkanes) is 10. The Morgan fingerprint density at radius 2 is 1.46 bits per heavy atom. The largest absolute Gasteiger partial charge is 0.504 e. The highest BCUT2D eigenvalue weighted by Crippen LogP contribution is 2.42. The van der Waals surface area contributed by atoms with Gasteiger partial charge in [-0.05, 0) is 61.3 Å². The summed E-state index contributed by atoms with van der Waals surface area (Å²) in [7, 11) is 0. The van der Waals surface area contributed by atoms with E-state index in [1.807, 2.05) is 83.7 Å². The molecule has 19 heteroatoms. The number of phenolic OH excluding ortho intramolecular Hbond substituents is 1. The second-order valence-electron chi connectivity index (χ2n) is 18.0. The van der Waals surface area contributed by atoms with E-state index in [2.05, 4.69) is 38.7 Å². The van der Waals surface area contributed by atoms with Crippen LogP contribution in [0.4, 0.5) is 5.69 Å². The highest BCUT2D eigenvalue weighted by atomic mass is 32.5. The number of aromatic hydroxyl groups is 1. The summed E-state index contributed by atoms with van der Waals surface area (Å²) < 4.78 is 20.7. The molecule has 0 saturated heterocycles. The summed E-state index contributed by atoms with van der Waals surface area (Å²) in [5.74, 6) is -0.00520. The SMILES string of the molecule is O=C(CCC(=O)N1Cc2ccccc2-c2c(nnn2CCCCCCCCCCn2cc(COc3c(O)ccc4c(=O)cc(-c5ccccc5)oc34)nn2)-c2ccccc21)NCCCCCCOP(O)(O)=S. The number of fused-ring (bicyclic) bond motifs is 6. The first-order chi connectivity index (χ1) is 35.0. The minimum Gasteiger partial charge on any atom is -0.504 e. The molecular formula is C53H61N8O9PS. The molecule has 0 aliphatic carbocycles. The van der Waals surface area contributed by atoms with Crippen LogP contribution in [-0.2, 0) is 52.2 Å². The number of phenols is 1. The van der Waals surface area contributed by atoms with Gasteiger partial charge in [0.2, 0.25) is 17.6 Å². The van der Waals surface area contributed by atoms with Gasteiger partial charge in [-0.3, -0.25) is 19.1 Å². The molecule has 8 rings (SSSR count). The van der Waals surface area contributed by atoms with Crippen LogP contribution in [0, 0.1) is 0 Å². The zero-order valence-corrected chi connectivity index (χ0v) is 41.9. The molecule has 1 aliphatic rings. The molecule has 7 aromatic rings. The predicted octanol–water partition coefficient (Wildman–Crippen LogP) is 9.61. The molecule has 378 valence electrons. The van der Waals surface area contributed by atoms with E-state index in [-0.39, 0.29) is 60.4 Å². The maximum absolute atomic E-state index is 13.9. The van der Waals surface area contributed by atoms with E-state index < -0.39 is 6.72 Å². The fraction of sp³-hybridized carbons (Fsp3) is 0.377. The number of nitrogens with one attached hydrogen (secondary N) is 1. The quantitative estimate of drug-likeness (QED) is 0.0293. The molecule has 4 aromatic carbocycles. The maximum Gasteiger partial charge on any atom is 0.321 e. The first kappa shape index (κ1) is 51.8. The molecule has 0 saturated carbocycles. The normalized spacial score (nSPS) is 12.2. The molecule has 3 aromatic heterocycles. The molecule has 2 amide bonds. The van der Waals surface area contributed by atoms with Gasteiger partial charge >= 0.3 is 6.72 Å². The Bertz CT molecular complexity index is 3050. The summed E-state index contributed by atoms with van der Waals surface area (Å²) in [6.45, 7) is -1.11. The number of hydrogen-bond donors (Lipinski definition) is 4. The number of ether oxygens (including phenoxy) is 1. The number of benzene rings is 4. The van der Waals surface area contributed by atoms with Crippen molar-refractivity contribution in [3.05, 3.63) is 125 Å². The molecular weight excluding hydrogens is 956 g/mol. The summed E-state index contributed by atoms with van der Waals surface area (Å²) in [6, 6.07) is 29.5. The monoisotopic (exact) mass is 1020 g/mol. The van der Waals surface area contributed by atoms with Crippen LogP contribution in [0.25, 0.3) is 44.8 Å². The lowest BCUT2D eigenvalue weighted by Gasteiger charge is -2.28. The van der Waals surface area contributed by atoms with Crippen LogP contribution in [0.1, 0.15) is 101 Å². The number of carbonyl (C=O) groups is 2. The van der Waals surface area contributed by atoms with E-state index in [0.29, 0.717) is 36.4 Å². The fourth-order valence-corrected chi connectivity index (χ4v) is 9.54. The molecule has 4 heterocycles. The number of amides is 2. The second-order valence-corrected chi connectivity index (χ2v) is 20.6. The topological polar surface area (TPSA) is 220 Å². The number of carbonyl (C=O) groups excluding carboxylic acids is 2. The third-order valence-electron chi connectivity index (χ3n) is 12.7. The summed E-state index contributed by atoms with van der Waals surface area (Å²) in [5, 5.41) is 31.8. The van der Waals surface area contributed by atoms with Crippen molar-refractivity contribution in [2.24, 2.45) is 0 Å². The molecule has 0 spiro atoms. The second kappa shape index (κ2) is 25.2. The van der Waals surface area contributed by atoms with Crippen LogP contribution in [0.2, 0.25) is 0 Å². The van der Waals surface area contributed by atoms with Crippen molar-refractivity contribution in [1.82, 2.24) is 35.3 Å². The third kappa shape index (κ3) is 13.9. The average molecular weight is 1020 g/mol. The summed E-state index contributed by atoms with van der Waals surface area (Å²) in [5.41, 5.74) is 6.46. The molecule has 0 unspecified atom stereocenters. The first-order valence-electron chi connectivity index (χ1n) is 24.8. The smallest absolute Gasteiger partial charge is 0.321 e. The average Bonchev–Trinajstić information content (AvgIpc) is 4.02. The molecule has 17 nitrogen and oxygen atoms in total. The van der Waals surface area contributed by atoms with Crippen molar-refractivity contribution in [2.75, 3.05) is 18.1 Å². The van der Waals surface area contributed by atoms with Gasteiger partial charge in [-0.25, -0.2) is 4.68 Å². The predicted molar refractivity (Wildman–Crippen MR) is 278 cm³/mol. The summed E-state index contributed by atoms with van der Waals surface area (Å²) in [4.78, 5) is 59.7. The van der Waals surface area contributed by atoms with Crippen molar-refractivity contribution in [2.45, 2.75) is 116 Å². The van der Waals surface area contributed by atoms with Gasteiger partial charge in [0.05, 0.1) is 36.1 Å². The Morgan fingerprint density at radius 3 is 2.25 bits per heavy atom. The number of hydrogen-bond acceptors (Lipinski definition) is 12. The van der Waals surface area contributed by atoms with Gasteiger partial charge in [-0.1, -0.05) is 135 Å². The Hall–Kier alpha value is -6.56. The molecule has 1 aliphatic heterocycles. The highest BCUT2D eigenvalue weighted by Gasteiger charge is 2.29. The van der Waals surface area contributed by atoms with Crippen LogP contribution in [0.3, 0.4) is 0 Å². The van der Waals surface area contributed by atoms with Gasteiger partial charge in [0, 0.05) is 55.2 Å². The molecule has 4 N–H and O–H groups in total. The lowest BCUT2D eigenvalue weighted by molar-refractivity contribution is -0.125. The number of para-hydroxylation sites is 1. The summed E-state index contributed by atoms with van der Waals surface area (Å²) in [6.07, 6.45) is 13.6. The number of aromatic nitrogens is 6. The molecule has 0 radical (unpaired) electrons. The van der Waals surface area contributed by atoms with Crippen molar-refractivity contribution in [1.29, 1.82) is 0 Å². The van der Waals surface area contributed by atoms with Gasteiger partial charge in [-0.15, -0.1) is 10.2 Å². The van der Waals surface area contributed by atoms with Crippen molar-refractivity contribution in [3.63, 3.8) is 0 Å². The Kier molecular flexibility index (Phi) is 18.1. The zero-order valence-electron chi connectivity index (χ0n) is 40.2. The van der Waals surface area contributed by atoms with Crippen molar-refractivity contribution in [3.8, 4) is 45.3 Å². The van der Waals surface area contributed by atoms with Crippen molar-refractivity contribution >= 4 is 47.0 Å². The molecule has 0 atom stereocenters. The van der Waals surface area contributed by atoms with Crippen LogP contribution in [-0.4, -0.2) is 69.8 Å². The maximum atomic E-state index is 13.9. The van der Waals surface area contributed by atoms with Crippen LogP contribution >= 0.6 is 6.72 Å². The minimum absolute atomic E-state index is 0.0413. The van der Waals surface area contributed by atoms with Gasteiger partial charge in [0.25, 0.3) is 0 Å². The first-order valence-corrected chi connectivity index (χ1v) is 27.4. The molecule has 0 fully saturated rings. The van der Waals surface area contributed by atoms with E-state index in [1.54, 1.807) is 9.58 Å². The van der Waals surface area contributed by atoms with Crippen LogP contribution in [0.5, 0.6) is 11.5 Å². The van der Waals surface area contributed by atoms with Gasteiger partial charge < -0.3 is 38.8 Å². The summed E-state index contributed by atoms with van der Waals surface area (Å²) >= 11 is 4.46. The lowest BCUT2D eigenvalue weighted by atomic mass is 9.95. The Balaban J connectivity index is 0.759. The highest BCUT2D eigenvalue weighted by molar-refractivity contribution is 8.06. The van der Waals surface area contributed by atoms with Crippen LogP contribution in [0.15, 0.2) is 112 Å². The number of aryl methyl sites for hydroxylation is 2. The van der Waals surface area contributed by atoms with E-state index in [1.165, 1.54) is 18.2 Å². The van der Waals surface area contributed by atoms with Gasteiger partial charge in [-0.2, -0.15) is 0 Å². The minimum atomic E-state index is -3.62. The van der Waals surface area contributed by atoms with E-state index >= 15 is 0 Å². The van der Waals surface area contributed by atoms with E-state index in [4.69, 9.17) is 28.6 Å². The van der Waals surface area contributed by atoms with E-state index in [0.717, 1.165) is 123 Å². The number of rotatable bonds is 26. The fourth-order valence-electron chi connectivity index (χ4n) is 8.95. The molecule has 0 bridgehead atoms. The zero-order chi connectivity index (χ0) is 50.3. The number of nitrogens with zero attached hydrogens (tertiary/aromatic N) is 7.